The summed E-state index contributed by atoms with van der Waals surface area (Å²) >= 11 is 0. The van der Waals surface area contributed by atoms with Gasteiger partial charge in [-0.1, -0.05) is 45.7 Å². The van der Waals surface area contributed by atoms with Crippen molar-refractivity contribution in [2.24, 2.45) is 57.4 Å². The average Bonchev–Trinajstić information content (AvgIpc) is 3.35. The molecule has 31 heavy (non-hydrogen) atoms. The number of ketones is 1. The Hall–Kier alpha value is -0.900. The number of nitrogens with zero attached hydrogens (tertiary/aromatic N) is 1. The van der Waals surface area contributed by atoms with Gasteiger partial charge in [-0.15, -0.1) is 0 Å². The number of aliphatic hydroxyl groups excluding tert-OH is 1. The van der Waals surface area contributed by atoms with Crippen LogP contribution in [0.4, 0.5) is 0 Å². The predicted octanol–water partition coefficient (Wildman–Crippen LogP) is 5.62. The number of fused-ring (bicyclic) bond motifs is 5. The fourth-order valence-electron chi connectivity index (χ4n) is 9.33. The summed E-state index contributed by atoms with van der Waals surface area (Å²) in [5.74, 6) is 3.84. The smallest absolute Gasteiger partial charge is 0.138 e. The van der Waals surface area contributed by atoms with Gasteiger partial charge < -0.3 is 9.94 Å². The lowest BCUT2D eigenvalue weighted by atomic mass is 9.44. The molecule has 4 nitrogen and oxygen atoms in total. The Morgan fingerprint density at radius 1 is 1.03 bits per heavy atom. The molecule has 1 heterocycles. The Labute approximate surface area is 188 Å². The van der Waals surface area contributed by atoms with E-state index in [0.29, 0.717) is 35.4 Å². The summed E-state index contributed by atoms with van der Waals surface area (Å²) in [6.07, 6.45) is 11.5. The van der Waals surface area contributed by atoms with Crippen molar-refractivity contribution in [2.75, 3.05) is 6.61 Å². The molecular formula is C27H43NO3. The van der Waals surface area contributed by atoms with Gasteiger partial charge in [0.25, 0.3) is 0 Å². The first kappa shape index (κ1) is 21.9. The van der Waals surface area contributed by atoms with Crippen LogP contribution in [0.15, 0.2) is 5.16 Å². The lowest BCUT2D eigenvalue weighted by Crippen LogP contribution is -2.56. The van der Waals surface area contributed by atoms with E-state index in [2.05, 4.69) is 32.9 Å². The number of carbonyl (C=O) groups excluding carboxylic acids is 1. The highest BCUT2D eigenvalue weighted by atomic mass is 16.6. The molecule has 0 saturated heterocycles. The standard InChI is InChI=1S/C27H43NO3/c1-16(2)23-14-25(31-28-23)18(15-29)20-9-8-19-17-13-24(30)22-7-5-6-11-26(22,3)21(17)10-12-27(19,20)4/h16-22,25,29H,5-15H2,1-4H3/t17-,18?,19-,20+,21-,22?,25?,26+,27-/m0/s1. The number of hydrogen-bond acceptors (Lipinski definition) is 4. The van der Waals surface area contributed by atoms with Crippen LogP contribution in [0.5, 0.6) is 0 Å². The first-order valence-corrected chi connectivity index (χ1v) is 13.2. The van der Waals surface area contributed by atoms with Gasteiger partial charge in [-0.05, 0) is 78.9 Å². The third kappa shape index (κ3) is 3.25. The molecule has 0 aromatic heterocycles. The summed E-state index contributed by atoms with van der Waals surface area (Å²) in [7, 11) is 0. The Morgan fingerprint density at radius 2 is 1.81 bits per heavy atom. The summed E-state index contributed by atoms with van der Waals surface area (Å²) in [6.45, 7) is 9.49. The molecule has 4 saturated carbocycles. The first-order chi connectivity index (χ1) is 14.8. The zero-order valence-corrected chi connectivity index (χ0v) is 20.1. The van der Waals surface area contributed by atoms with Crippen LogP contribution in [-0.4, -0.2) is 29.3 Å². The molecular weight excluding hydrogens is 386 g/mol. The lowest BCUT2D eigenvalue weighted by molar-refractivity contribution is -0.156. The van der Waals surface area contributed by atoms with Crippen LogP contribution in [0.25, 0.3) is 0 Å². The van der Waals surface area contributed by atoms with E-state index in [1.54, 1.807) is 0 Å². The summed E-state index contributed by atoms with van der Waals surface area (Å²) in [5.41, 5.74) is 1.60. The molecule has 4 aliphatic carbocycles. The highest BCUT2D eigenvalue weighted by Crippen LogP contribution is 2.68. The van der Waals surface area contributed by atoms with E-state index in [9.17, 15) is 9.90 Å². The van der Waals surface area contributed by atoms with E-state index < -0.39 is 0 Å². The second-order valence-electron chi connectivity index (χ2n) is 12.5. The fraction of sp³-hybridized carbons (Fsp3) is 0.926. The van der Waals surface area contributed by atoms with Gasteiger partial charge >= 0.3 is 0 Å². The second-order valence-corrected chi connectivity index (χ2v) is 12.5. The number of Topliss-reactive ketones (excluding diaryl/α,β-unsaturated/α-hetero) is 1. The second kappa shape index (κ2) is 7.85. The van der Waals surface area contributed by atoms with Crippen molar-refractivity contribution >= 4 is 11.5 Å². The molecule has 5 rings (SSSR count). The fourth-order valence-corrected chi connectivity index (χ4v) is 9.33. The van der Waals surface area contributed by atoms with Crippen molar-refractivity contribution in [2.45, 2.75) is 98.0 Å². The van der Waals surface area contributed by atoms with E-state index in [1.807, 2.05) is 0 Å². The molecule has 1 N–H and O–H groups in total. The number of rotatable bonds is 4. The summed E-state index contributed by atoms with van der Waals surface area (Å²) in [6, 6.07) is 0. The predicted molar refractivity (Wildman–Crippen MR) is 123 cm³/mol. The molecule has 3 unspecified atom stereocenters. The maximum Gasteiger partial charge on any atom is 0.138 e. The van der Waals surface area contributed by atoms with Crippen molar-refractivity contribution in [3.8, 4) is 0 Å². The van der Waals surface area contributed by atoms with E-state index in [0.717, 1.165) is 30.9 Å². The molecule has 4 heteroatoms. The van der Waals surface area contributed by atoms with Gasteiger partial charge in [-0.25, -0.2) is 0 Å². The molecule has 5 aliphatic rings. The van der Waals surface area contributed by atoms with Crippen LogP contribution in [0.3, 0.4) is 0 Å². The van der Waals surface area contributed by atoms with Gasteiger partial charge in [-0.2, -0.15) is 0 Å². The Morgan fingerprint density at radius 3 is 2.52 bits per heavy atom. The summed E-state index contributed by atoms with van der Waals surface area (Å²) in [5, 5.41) is 14.8. The third-order valence-corrected chi connectivity index (χ3v) is 11.0. The van der Waals surface area contributed by atoms with Gasteiger partial charge in [0.2, 0.25) is 0 Å². The minimum atomic E-state index is 0.0222. The van der Waals surface area contributed by atoms with Crippen LogP contribution >= 0.6 is 0 Å². The van der Waals surface area contributed by atoms with E-state index in [1.165, 1.54) is 44.9 Å². The molecule has 1 aliphatic heterocycles. The van der Waals surface area contributed by atoms with Crippen molar-refractivity contribution in [1.82, 2.24) is 0 Å². The first-order valence-electron chi connectivity index (χ1n) is 13.2. The summed E-state index contributed by atoms with van der Waals surface area (Å²) < 4.78 is 0. The molecule has 0 amide bonds. The van der Waals surface area contributed by atoms with E-state index in [4.69, 9.17) is 4.84 Å². The highest BCUT2D eigenvalue weighted by molar-refractivity contribution is 5.87. The zero-order valence-electron chi connectivity index (χ0n) is 20.1. The molecule has 4 fully saturated rings. The maximum absolute atomic E-state index is 13.3. The van der Waals surface area contributed by atoms with Gasteiger partial charge in [0.15, 0.2) is 0 Å². The minimum Gasteiger partial charge on any atom is -0.396 e. The van der Waals surface area contributed by atoms with Crippen LogP contribution in [0.2, 0.25) is 0 Å². The summed E-state index contributed by atoms with van der Waals surface area (Å²) in [4.78, 5) is 19.2. The van der Waals surface area contributed by atoms with Crippen LogP contribution in [0.1, 0.15) is 91.9 Å². The van der Waals surface area contributed by atoms with Crippen LogP contribution in [0, 0.1) is 52.3 Å². The van der Waals surface area contributed by atoms with Gasteiger partial charge in [-0.3, -0.25) is 4.79 Å². The number of aliphatic hydroxyl groups is 1. The monoisotopic (exact) mass is 429 g/mol. The number of hydrogen-bond donors (Lipinski definition) is 1. The number of oxime groups is 1. The normalized spacial score (nSPS) is 47.9. The molecule has 0 bridgehead atoms. The Balaban J connectivity index is 1.38. The molecule has 0 aromatic rings. The van der Waals surface area contributed by atoms with E-state index in [-0.39, 0.29) is 29.5 Å². The quantitative estimate of drug-likeness (QED) is 0.630. The average molecular weight is 430 g/mol. The molecule has 0 aromatic carbocycles. The van der Waals surface area contributed by atoms with Gasteiger partial charge in [0, 0.05) is 31.3 Å². The largest absolute Gasteiger partial charge is 0.396 e. The molecule has 0 radical (unpaired) electrons. The molecule has 0 spiro atoms. The van der Waals surface area contributed by atoms with Crippen LogP contribution in [-0.2, 0) is 9.63 Å². The molecule has 9 atom stereocenters. The van der Waals surface area contributed by atoms with Gasteiger partial charge in [0.05, 0.1) is 5.71 Å². The van der Waals surface area contributed by atoms with Crippen molar-refractivity contribution in [3.05, 3.63) is 0 Å². The highest BCUT2D eigenvalue weighted by Gasteiger charge is 2.62. The minimum absolute atomic E-state index is 0.0222. The Kier molecular flexibility index (Phi) is 5.55. The zero-order chi connectivity index (χ0) is 22.0. The topological polar surface area (TPSA) is 58.9 Å². The maximum atomic E-state index is 13.3. The molecule has 174 valence electrons. The third-order valence-electron chi connectivity index (χ3n) is 11.0. The van der Waals surface area contributed by atoms with Crippen molar-refractivity contribution in [1.29, 1.82) is 0 Å². The number of carbonyl (C=O) groups is 1. The SMILES string of the molecule is CC(C)C1=NOC(C(CO)[C@H]2CC[C@H]3[C@@H]4CC(=O)C5CCCC[C@]5(C)[C@H]4CC[C@]23C)C1. The lowest BCUT2D eigenvalue weighted by Gasteiger charge is -2.60. The Bertz CT molecular complexity index is 747. The van der Waals surface area contributed by atoms with Crippen LogP contribution < -0.4 is 0 Å². The van der Waals surface area contributed by atoms with Crippen molar-refractivity contribution < 1.29 is 14.7 Å². The van der Waals surface area contributed by atoms with E-state index >= 15 is 0 Å². The van der Waals surface area contributed by atoms with Gasteiger partial charge in [0.1, 0.15) is 11.9 Å². The van der Waals surface area contributed by atoms with Crippen molar-refractivity contribution in [3.63, 3.8) is 0 Å².